The molecular weight excluding hydrogens is 483 g/mol. The van der Waals surface area contributed by atoms with Crippen LogP contribution in [0.5, 0.6) is 0 Å². The number of methoxy groups -OCH3 is 1. The number of aliphatic imine (C=N–C) groups is 1. The van der Waals surface area contributed by atoms with Crippen molar-refractivity contribution in [2.75, 3.05) is 72.5 Å². The Morgan fingerprint density at radius 3 is 2.70 bits per heavy atom. The first-order valence-electron chi connectivity index (χ1n) is 9.48. The molecule has 27 heavy (non-hydrogen) atoms. The van der Waals surface area contributed by atoms with Gasteiger partial charge in [-0.1, -0.05) is 0 Å². The van der Waals surface area contributed by atoms with E-state index in [1.165, 1.54) is 4.31 Å². The third kappa shape index (κ3) is 10.2. The lowest BCUT2D eigenvalue weighted by Gasteiger charge is -2.22. The van der Waals surface area contributed by atoms with Gasteiger partial charge in [0.1, 0.15) is 0 Å². The van der Waals surface area contributed by atoms with Crippen LogP contribution in [0.3, 0.4) is 0 Å². The zero-order valence-corrected chi connectivity index (χ0v) is 20.3. The number of nitrogens with zero attached hydrogens (tertiary/aromatic N) is 3. The summed E-state index contributed by atoms with van der Waals surface area (Å²) >= 11 is 0. The van der Waals surface area contributed by atoms with Gasteiger partial charge in [0.25, 0.3) is 0 Å². The molecule has 1 aliphatic rings. The molecule has 10 heteroatoms. The van der Waals surface area contributed by atoms with Crippen LogP contribution in [-0.2, 0) is 19.5 Å². The van der Waals surface area contributed by atoms with Crippen molar-refractivity contribution in [3.8, 4) is 0 Å². The molecule has 0 bridgehead atoms. The van der Waals surface area contributed by atoms with Gasteiger partial charge in [0.05, 0.1) is 25.6 Å². The molecule has 0 saturated carbocycles. The third-order valence-corrected chi connectivity index (χ3v) is 6.30. The minimum atomic E-state index is -3.11. The Hall–Kier alpha value is -0.170. The van der Waals surface area contributed by atoms with Gasteiger partial charge in [0.15, 0.2) is 5.96 Å². The van der Waals surface area contributed by atoms with E-state index < -0.39 is 10.0 Å². The second kappa shape index (κ2) is 14.8. The first-order chi connectivity index (χ1) is 12.4. The summed E-state index contributed by atoms with van der Waals surface area (Å²) in [7, 11) is 0.194. The number of halogens is 1. The molecule has 1 atom stereocenters. The molecule has 0 aliphatic carbocycles. The topological polar surface area (TPSA) is 83.5 Å². The minimum Gasteiger partial charge on any atom is -0.382 e. The lowest BCUT2D eigenvalue weighted by molar-refractivity contribution is 0.0536. The average molecular weight is 520 g/mol. The predicted octanol–water partition coefficient (Wildman–Crippen LogP) is 1.23. The van der Waals surface area contributed by atoms with E-state index in [2.05, 4.69) is 22.1 Å². The summed E-state index contributed by atoms with van der Waals surface area (Å²) in [6, 6.07) is 0. The van der Waals surface area contributed by atoms with Crippen molar-refractivity contribution in [3.05, 3.63) is 0 Å². The summed E-state index contributed by atoms with van der Waals surface area (Å²) in [5, 5.41) is 3.33. The van der Waals surface area contributed by atoms with Crippen LogP contribution in [0.4, 0.5) is 0 Å². The molecule has 0 aromatic carbocycles. The normalized spacial score (nSPS) is 18.0. The Kier molecular flexibility index (Phi) is 14.7. The van der Waals surface area contributed by atoms with E-state index in [0.717, 1.165) is 38.6 Å². The fourth-order valence-electron chi connectivity index (χ4n) is 2.82. The quantitative estimate of drug-likeness (QED) is 0.181. The van der Waals surface area contributed by atoms with Gasteiger partial charge in [-0.05, 0) is 26.7 Å². The molecule has 162 valence electrons. The summed E-state index contributed by atoms with van der Waals surface area (Å²) in [5.74, 6) is 1.56. The minimum absolute atomic E-state index is 0. The maximum absolute atomic E-state index is 11.8. The first-order valence-corrected chi connectivity index (χ1v) is 11.1. The summed E-state index contributed by atoms with van der Waals surface area (Å²) in [4.78, 5) is 6.93. The van der Waals surface area contributed by atoms with Crippen LogP contribution < -0.4 is 5.32 Å². The van der Waals surface area contributed by atoms with E-state index in [0.29, 0.717) is 38.6 Å². The molecule has 1 unspecified atom stereocenters. The van der Waals surface area contributed by atoms with Gasteiger partial charge in [-0.15, -0.1) is 24.0 Å². The van der Waals surface area contributed by atoms with E-state index in [-0.39, 0.29) is 29.7 Å². The van der Waals surface area contributed by atoms with Crippen molar-refractivity contribution >= 4 is 40.0 Å². The Morgan fingerprint density at radius 2 is 2.07 bits per heavy atom. The van der Waals surface area contributed by atoms with Crippen molar-refractivity contribution in [2.24, 2.45) is 10.9 Å². The Bertz CT molecular complexity index is 519. The zero-order chi connectivity index (χ0) is 19.4. The number of sulfonamides is 1. The fourth-order valence-corrected chi connectivity index (χ4v) is 3.66. The van der Waals surface area contributed by atoms with E-state index in [1.807, 2.05) is 0 Å². The van der Waals surface area contributed by atoms with Gasteiger partial charge in [0, 0.05) is 52.8 Å². The molecule has 8 nitrogen and oxygen atoms in total. The molecule has 1 N–H and O–H groups in total. The number of rotatable bonds is 12. The molecule has 0 radical (unpaired) electrons. The van der Waals surface area contributed by atoms with Crippen molar-refractivity contribution < 1.29 is 17.9 Å². The lowest BCUT2D eigenvalue weighted by atomic mass is 10.1. The second-order valence-corrected chi connectivity index (χ2v) is 8.84. The number of ether oxygens (including phenoxy) is 2. The summed E-state index contributed by atoms with van der Waals surface area (Å²) in [6.45, 7) is 9.55. The monoisotopic (exact) mass is 520 g/mol. The maximum atomic E-state index is 11.8. The molecule has 1 saturated heterocycles. The highest BCUT2D eigenvalue weighted by molar-refractivity contribution is 14.0. The van der Waals surface area contributed by atoms with Crippen LogP contribution in [0.15, 0.2) is 4.99 Å². The van der Waals surface area contributed by atoms with Gasteiger partial charge in [-0.2, -0.15) is 0 Å². The molecule has 0 aromatic heterocycles. The van der Waals surface area contributed by atoms with Gasteiger partial charge in [0.2, 0.25) is 10.0 Å². The number of hydrogen-bond donors (Lipinski definition) is 1. The SMILES string of the molecule is CCNC(=NCCCN(C)S(=O)(=O)CC)N1CCC(COCCOC)C1.I. The number of likely N-dealkylation sites (tertiary alicyclic amines) is 1. The lowest BCUT2D eigenvalue weighted by Crippen LogP contribution is -2.40. The molecule has 1 heterocycles. The van der Waals surface area contributed by atoms with Crippen LogP contribution in [0.1, 0.15) is 26.7 Å². The highest BCUT2D eigenvalue weighted by Crippen LogP contribution is 2.16. The third-order valence-electron chi connectivity index (χ3n) is 4.44. The van der Waals surface area contributed by atoms with Crippen molar-refractivity contribution in [1.29, 1.82) is 0 Å². The van der Waals surface area contributed by atoms with Crippen molar-refractivity contribution in [2.45, 2.75) is 26.7 Å². The van der Waals surface area contributed by atoms with Crippen molar-refractivity contribution in [1.82, 2.24) is 14.5 Å². The Balaban J connectivity index is 0.00000676. The first kappa shape index (κ1) is 26.8. The number of guanidine groups is 1. The standard InChI is InChI=1S/C17H36N4O4S.HI/c1-5-18-17(19-9-7-10-20(3)26(22,23)6-2)21-11-8-16(14-21)15-25-13-12-24-4;/h16H,5-15H2,1-4H3,(H,18,19);1H. The highest BCUT2D eigenvalue weighted by Gasteiger charge is 2.25. The van der Waals surface area contributed by atoms with E-state index >= 15 is 0 Å². The summed E-state index contributed by atoms with van der Waals surface area (Å²) in [6.07, 6.45) is 1.80. The maximum Gasteiger partial charge on any atom is 0.213 e. The molecule has 0 spiro atoms. The van der Waals surface area contributed by atoms with E-state index in [4.69, 9.17) is 9.47 Å². The number of nitrogens with one attached hydrogen (secondary N) is 1. The average Bonchev–Trinajstić information content (AvgIpc) is 3.09. The number of hydrogen-bond acceptors (Lipinski definition) is 5. The zero-order valence-electron chi connectivity index (χ0n) is 17.1. The van der Waals surface area contributed by atoms with Gasteiger partial charge in [-0.25, -0.2) is 12.7 Å². The fraction of sp³-hybridized carbons (Fsp3) is 0.941. The molecule has 0 amide bonds. The predicted molar refractivity (Wildman–Crippen MR) is 120 cm³/mol. The molecule has 0 aromatic rings. The molecule has 1 fully saturated rings. The van der Waals surface area contributed by atoms with Crippen molar-refractivity contribution in [3.63, 3.8) is 0 Å². The van der Waals surface area contributed by atoms with Gasteiger partial charge < -0.3 is 19.7 Å². The Morgan fingerprint density at radius 1 is 1.33 bits per heavy atom. The smallest absolute Gasteiger partial charge is 0.213 e. The van der Waals surface area contributed by atoms with Gasteiger partial charge >= 0.3 is 0 Å². The molecular formula is C17H37IN4O4S. The van der Waals surface area contributed by atoms with Crippen LogP contribution in [0, 0.1) is 5.92 Å². The second-order valence-electron chi connectivity index (χ2n) is 6.48. The van der Waals surface area contributed by atoms with E-state index in [1.54, 1.807) is 21.1 Å². The Labute approximate surface area is 182 Å². The van der Waals surface area contributed by atoms with E-state index in [9.17, 15) is 8.42 Å². The van der Waals surface area contributed by atoms with Gasteiger partial charge in [-0.3, -0.25) is 4.99 Å². The molecule has 1 rings (SSSR count). The highest BCUT2D eigenvalue weighted by atomic mass is 127. The van der Waals surface area contributed by atoms with Crippen LogP contribution >= 0.6 is 24.0 Å². The van der Waals surface area contributed by atoms with Crippen LogP contribution in [0.2, 0.25) is 0 Å². The molecule has 1 aliphatic heterocycles. The van der Waals surface area contributed by atoms with Crippen LogP contribution in [-0.4, -0.2) is 96.0 Å². The summed E-state index contributed by atoms with van der Waals surface area (Å²) < 4.78 is 35.6. The summed E-state index contributed by atoms with van der Waals surface area (Å²) in [5.41, 5.74) is 0. The largest absolute Gasteiger partial charge is 0.382 e. The van der Waals surface area contributed by atoms with Crippen LogP contribution in [0.25, 0.3) is 0 Å².